The Morgan fingerprint density at radius 3 is 2.46 bits per heavy atom. The number of halogens is 1. The molecule has 1 heterocycles. The number of rotatable bonds is 5. The summed E-state index contributed by atoms with van der Waals surface area (Å²) in [6.45, 7) is 0.0782. The topological polar surface area (TPSA) is 39.3 Å². The lowest BCUT2D eigenvalue weighted by Crippen LogP contribution is -2.44. The normalized spacial score (nSPS) is 22.8. The number of hydrogen-bond donors (Lipinski definition) is 2. The monoisotopic (exact) mass is 380 g/mol. The number of aliphatic hydroxyl groups is 1. The molecule has 1 aliphatic carbocycles. The van der Waals surface area contributed by atoms with Gasteiger partial charge in [0.05, 0.1) is 0 Å². The number of nitrogens with one attached hydrogen (secondary N) is 1. The smallest absolute Gasteiger partial charge is 0.123 e. The maximum atomic E-state index is 13.8. The van der Waals surface area contributed by atoms with Crippen molar-refractivity contribution in [2.75, 3.05) is 20.7 Å². The second kappa shape index (κ2) is 7.69. The first-order valence-corrected chi connectivity index (χ1v) is 10.2. The Hall–Kier alpha value is -2.17. The molecule has 0 atom stereocenters. The molecule has 1 aromatic heterocycles. The van der Waals surface area contributed by atoms with Crippen molar-refractivity contribution in [2.24, 2.45) is 0 Å². The van der Waals surface area contributed by atoms with E-state index in [9.17, 15) is 9.50 Å². The Kier molecular flexibility index (Phi) is 5.26. The number of aliphatic hydroxyl groups excluding tert-OH is 1. The van der Waals surface area contributed by atoms with Gasteiger partial charge >= 0.3 is 0 Å². The summed E-state index contributed by atoms with van der Waals surface area (Å²) < 4.78 is 13.8. The van der Waals surface area contributed by atoms with Gasteiger partial charge in [0.1, 0.15) is 5.82 Å². The molecule has 1 aliphatic rings. The fraction of sp³-hybridized carbons (Fsp3) is 0.417. The first kappa shape index (κ1) is 19.2. The Morgan fingerprint density at radius 1 is 1.11 bits per heavy atom. The molecule has 0 unspecified atom stereocenters. The van der Waals surface area contributed by atoms with Gasteiger partial charge in [-0.2, -0.15) is 0 Å². The Labute approximate surface area is 166 Å². The van der Waals surface area contributed by atoms with Crippen LogP contribution in [0.4, 0.5) is 4.39 Å². The molecule has 3 nitrogen and oxygen atoms in total. The summed E-state index contributed by atoms with van der Waals surface area (Å²) in [5, 5.41) is 10.5. The van der Waals surface area contributed by atoms with Crippen molar-refractivity contribution < 1.29 is 9.50 Å². The molecule has 148 valence electrons. The van der Waals surface area contributed by atoms with Crippen LogP contribution >= 0.6 is 0 Å². The number of hydrogen-bond acceptors (Lipinski definition) is 2. The molecule has 4 heteroatoms. The molecule has 0 amide bonds. The third kappa shape index (κ3) is 3.25. The number of benzene rings is 2. The fourth-order valence-electron chi connectivity index (χ4n) is 5.10. The third-order valence-corrected chi connectivity index (χ3v) is 6.65. The largest absolute Gasteiger partial charge is 0.396 e. The van der Waals surface area contributed by atoms with Crippen molar-refractivity contribution in [3.05, 3.63) is 71.2 Å². The van der Waals surface area contributed by atoms with Gasteiger partial charge < -0.3 is 10.1 Å². The second-order valence-corrected chi connectivity index (χ2v) is 8.25. The van der Waals surface area contributed by atoms with E-state index in [1.54, 1.807) is 6.07 Å². The van der Waals surface area contributed by atoms with E-state index in [-0.39, 0.29) is 18.0 Å². The molecule has 0 aliphatic heterocycles. The maximum absolute atomic E-state index is 13.8. The van der Waals surface area contributed by atoms with E-state index >= 15 is 0 Å². The molecular weight excluding hydrogens is 351 g/mol. The lowest BCUT2D eigenvalue weighted by atomic mass is 9.70. The zero-order chi connectivity index (χ0) is 19.7. The van der Waals surface area contributed by atoms with Gasteiger partial charge in [0, 0.05) is 28.7 Å². The van der Waals surface area contributed by atoms with Crippen LogP contribution in [0.2, 0.25) is 0 Å². The van der Waals surface area contributed by atoms with Crippen molar-refractivity contribution >= 4 is 10.9 Å². The van der Waals surface area contributed by atoms with Crippen LogP contribution in [0, 0.1) is 5.82 Å². The van der Waals surface area contributed by atoms with Gasteiger partial charge in [0.15, 0.2) is 0 Å². The van der Waals surface area contributed by atoms with Crippen LogP contribution in [0.15, 0.2) is 48.5 Å². The SMILES string of the molecule is CN(C)C1(c2ccccc2)CCC(c2[nH]c3ccc(F)cc3c2CCO)CC1. The van der Waals surface area contributed by atoms with E-state index in [0.29, 0.717) is 12.3 Å². The third-order valence-electron chi connectivity index (χ3n) is 6.65. The minimum absolute atomic E-state index is 0.0625. The van der Waals surface area contributed by atoms with Gasteiger partial charge in [0.25, 0.3) is 0 Å². The van der Waals surface area contributed by atoms with E-state index in [4.69, 9.17) is 0 Å². The fourth-order valence-corrected chi connectivity index (χ4v) is 5.10. The summed E-state index contributed by atoms with van der Waals surface area (Å²) in [6, 6.07) is 15.7. The van der Waals surface area contributed by atoms with Crippen molar-refractivity contribution in [1.82, 2.24) is 9.88 Å². The Balaban J connectivity index is 1.66. The van der Waals surface area contributed by atoms with Gasteiger partial charge in [-0.25, -0.2) is 4.39 Å². The van der Waals surface area contributed by atoms with Crippen LogP contribution in [-0.2, 0) is 12.0 Å². The molecule has 0 radical (unpaired) electrons. The van der Waals surface area contributed by atoms with Gasteiger partial charge in [-0.15, -0.1) is 0 Å². The van der Waals surface area contributed by atoms with E-state index in [0.717, 1.165) is 42.1 Å². The van der Waals surface area contributed by atoms with Crippen LogP contribution in [0.25, 0.3) is 10.9 Å². The van der Waals surface area contributed by atoms with Crippen molar-refractivity contribution in [1.29, 1.82) is 0 Å². The van der Waals surface area contributed by atoms with Gasteiger partial charge in [-0.1, -0.05) is 30.3 Å². The average molecular weight is 381 g/mol. The van der Waals surface area contributed by atoms with Crippen LogP contribution in [0.3, 0.4) is 0 Å². The summed E-state index contributed by atoms with van der Waals surface area (Å²) >= 11 is 0. The van der Waals surface area contributed by atoms with E-state index in [2.05, 4.69) is 54.3 Å². The summed E-state index contributed by atoms with van der Waals surface area (Å²) in [5.41, 5.74) is 4.68. The highest BCUT2D eigenvalue weighted by Gasteiger charge is 2.39. The molecule has 0 saturated heterocycles. The molecule has 28 heavy (non-hydrogen) atoms. The lowest BCUT2D eigenvalue weighted by Gasteiger charge is -2.45. The Morgan fingerprint density at radius 2 is 1.82 bits per heavy atom. The van der Waals surface area contributed by atoms with Crippen molar-refractivity contribution in [3.63, 3.8) is 0 Å². The molecule has 0 bridgehead atoms. The van der Waals surface area contributed by atoms with E-state index in [1.807, 2.05) is 6.07 Å². The summed E-state index contributed by atoms with van der Waals surface area (Å²) in [6.07, 6.45) is 4.86. The Bertz CT molecular complexity index is 940. The lowest BCUT2D eigenvalue weighted by molar-refractivity contribution is 0.0903. The standard InChI is InChI=1S/C24H29FN2O/c1-27(2)24(18-6-4-3-5-7-18)13-10-17(11-14-24)23-20(12-15-28)21-16-19(25)8-9-22(21)26-23/h3-9,16-17,26,28H,10-15H2,1-2H3. The summed E-state index contributed by atoms with van der Waals surface area (Å²) in [4.78, 5) is 5.92. The zero-order valence-electron chi connectivity index (χ0n) is 16.7. The summed E-state index contributed by atoms with van der Waals surface area (Å²) in [5.74, 6) is 0.186. The van der Waals surface area contributed by atoms with Gasteiger partial charge in [0.2, 0.25) is 0 Å². The number of aromatic amines is 1. The number of H-pyrrole nitrogens is 1. The first-order chi connectivity index (χ1) is 13.5. The van der Waals surface area contributed by atoms with Crippen LogP contribution in [0.1, 0.15) is 48.4 Å². The van der Waals surface area contributed by atoms with E-state index in [1.165, 1.54) is 17.3 Å². The maximum Gasteiger partial charge on any atom is 0.123 e. The van der Waals surface area contributed by atoms with Gasteiger partial charge in [-0.05, 0) is 81.4 Å². The van der Waals surface area contributed by atoms with Gasteiger partial charge in [-0.3, -0.25) is 4.90 Å². The molecule has 4 rings (SSSR count). The van der Waals surface area contributed by atoms with E-state index < -0.39 is 0 Å². The summed E-state index contributed by atoms with van der Waals surface area (Å²) in [7, 11) is 4.35. The quantitative estimate of drug-likeness (QED) is 0.657. The van der Waals surface area contributed by atoms with Crippen LogP contribution in [0.5, 0.6) is 0 Å². The van der Waals surface area contributed by atoms with Crippen molar-refractivity contribution in [3.8, 4) is 0 Å². The minimum atomic E-state index is -0.225. The highest BCUT2D eigenvalue weighted by atomic mass is 19.1. The van der Waals surface area contributed by atoms with Crippen LogP contribution in [-0.4, -0.2) is 35.7 Å². The van der Waals surface area contributed by atoms with Crippen LogP contribution < -0.4 is 0 Å². The predicted octanol–water partition coefficient (Wildman–Crippen LogP) is 4.96. The minimum Gasteiger partial charge on any atom is -0.396 e. The first-order valence-electron chi connectivity index (χ1n) is 10.2. The molecular formula is C24H29FN2O. The highest BCUT2D eigenvalue weighted by molar-refractivity contribution is 5.85. The molecule has 1 fully saturated rings. The van der Waals surface area contributed by atoms with Crippen molar-refractivity contribution in [2.45, 2.75) is 43.6 Å². The number of aromatic nitrogens is 1. The molecule has 1 saturated carbocycles. The number of fused-ring (bicyclic) bond motifs is 1. The zero-order valence-corrected chi connectivity index (χ0v) is 16.7. The molecule has 2 N–H and O–H groups in total. The second-order valence-electron chi connectivity index (χ2n) is 8.25. The molecule has 0 spiro atoms. The highest BCUT2D eigenvalue weighted by Crippen LogP contribution is 2.47. The predicted molar refractivity (Wildman–Crippen MR) is 112 cm³/mol. The number of nitrogens with zero attached hydrogens (tertiary/aromatic N) is 1. The molecule has 2 aromatic carbocycles. The molecule has 3 aromatic rings. The average Bonchev–Trinajstić information content (AvgIpc) is 3.06.